The zero-order valence-electron chi connectivity index (χ0n) is 15.9. The summed E-state index contributed by atoms with van der Waals surface area (Å²) in [5.74, 6) is 1.90. The lowest BCUT2D eigenvalue weighted by Gasteiger charge is -2.16. The molecule has 1 aliphatic carbocycles. The molecular weight excluding hydrogens is 378 g/mol. The summed E-state index contributed by atoms with van der Waals surface area (Å²) in [6.07, 6.45) is 9.03. The van der Waals surface area contributed by atoms with Gasteiger partial charge in [-0.2, -0.15) is 0 Å². The molecule has 1 saturated carbocycles. The van der Waals surface area contributed by atoms with Gasteiger partial charge in [-0.3, -0.25) is 0 Å². The second-order valence-corrected chi connectivity index (χ2v) is 7.81. The highest BCUT2D eigenvalue weighted by molar-refractivity contribution is 7.98. The first-order chi connectivity index (χ1) is 13.2. The number of nitrogens with zero attached hydrogens (tertiary/aromatic N) is 3. The van der Waals surface area contributed by atoms with Crippen LogP contribution in [0, 0.1) is 0 Å². The minimum absolute atomic E-state index is 0.571. The highest BCUT2D eigenvalue weighted by atomic mass is 32.2. The SMILES string of the molecule is COc1cccc(NC(=S)NCCCc2nnc(SC)n2C2CCCC2)c1. The van der Waals surface area contributed by atoms with Crippen LogP contribution in [0.5, 0.6) is 5.75 Å². The summed E-state index contributed by atoms with van der Waals surface area (Å²) in [5, 5.41) is 16.9. The fourth-order valence-electron chi connectivity index (χ4n) is 3.47. The smallest absolute Gasteiger partial charge is 0.191 e. The van der Waals surface area contributed by atoms with E-state index in [1.165, 1.54) is 25.7 Å². The number of nitrogens with one attached hydrogen (secondary N) is 2. The van der Waals surface area contributed by atoms with Crippen LogP contribution in [0.25, 0.3) is 0 Å². The van der Waals surface area contributed by atoms with E-state index in [4.69, 9.17) is 17.0 Å². The normalized spacial score (nSPS) is 14.3. The Hall–Kier alpha value is -1.80. The lowest BCUT2D eigenvalue weighted by Crippen LogP contribution is -2.29. The van der Waals surface area contributed by atoms with Crippen molar-refractivity contribution >= 4 is 34.8 Å². The molecule has 6 nitrogen and oxygen atoms in total. The average molecular weight is 406 g/mol. The molecule has 0 spiro atoms. The summed E-state index contributed by atoms with van der Waals surface area (Å²) in [6.45, 7) is 0.794. The van der Waals surface area contributed by atoms with Crippen molar-refractivity contribution in [2.75, 3.05) is 25.2 Å². The third-order valence-electron chi connectivity index (χ3n) is 4.80. The number of aryl methyl sites for hydroxylation is 1. The van der Waals surface area contributed by atoms with Crippen molar-refractivity contribution in [3.63, 3.8) is 0 Å². The van der Waals surface area contributed by atoms with Gasteiger partial charge in [-0.25, -0.2) is 0 Å². The van der Waals surface area contributed by atoms with E-state index < -0.39 is 0 Å². The third kappa shape index (κ3) is 5.35. The van der Waals surface area contributed by atoms with Crippen LogP contribution < -0.4 is 15.4 Å². The fourth-order valence-corrected chi connectivity index (χ4v) is 4.26. The number of hydrogen-bond acceptors (Lipinski definition) is 5. The van der Waals surface area contributed by atoms with Crippen LogP contribution in [0.2, 0.25) is 0 Å². The number of hydrogen-bond donors (Lipinski definition) is 2. The summed E-state index contributed by atoms with van der Waals surface area (Å²) < 4.78 is 7.59. The van der Waals surface area contributed by atoms with E-state index in [1.807, 2.05) is 24.3 Å². The van der Waals surface area contributed by atoms with Gasteiger partial charge in [0.2, 0.25) is 0 Å². The topological polar surface area (TPSA) is 64.0 Å². The molecule has 8 heteroatoms. The van der Waals surface area contributed by atoms with E-state index >= 15 is 0 Å². The van der Waals surface area contributed by atoms with Gasteiger partial charge in [0.25, 0.3) is 0 Å². The molecule has 0 amide bonds. The van der Waals surface area contributed by atoms with Gasteiger partial charge in [-0.05, 0) is 49.9 Å². The Balaban J connectivity index is 1.47. The maximum atomic E-state index is 5.38. The number of aromatic nitrogens is 3. The molecule has 0 atom stereocenters. The Morgan fingerprint density at radius 3 is 2.89 bits per heavy atom. The second-order valence-electron chi connectivity index (χ2n) is 6.63. The second kappa shape index (κ2) is 9.94. The predicted octanol–water partition coefficient (Wildman–Crippen LogP) is 4.04. The lowest BCUT2D eigenvalue weighted by molar-refractivity contribution is 0.415. The molecule has 0 saturated heterocycles. The van der Waals surface area contributed by atoms with Gasteiger partial charge in [0.1, 0.15) is 11.6 Å². The zero-order chi connectivity index (χ0) is 19.1. The van der Waals surface area contributed by atoms with E-state index in [2.05, 4.69) is 31.7 Å². The number of methoxy groups -OCH3 is 1. The molecule has 0 aliphatic heterocycles. The van der Waals surface area contributed by atoms with Gasteiger partial charge >= 0.3 is 0 Å². The third-order valence-corrected chi connectivity index (χ3v) is 5.69. The maximum Gasteiger partial charge on any atom is 0.191 e. The van der Waals surface area contributed by atoms with Crippen molar-refractivity contribution in [1.82, 2.24) is 20.1 Å². The molecule has 1 aromatic heterocycles. The largest absolute Gasteiger partial charge is 0.497 e. The molecule has 0 bridgehead atoms. The van der Waals surface area contributed by atoms with Gasteiger partial charge in [0.15, 0.2) is 10.3 Å². The molecule has 0 radical (unpaired) electrons. The zero-order valence-corrected chi connectivity index (χ0v) is 17.5. The first kappa shape index (κ1) is 19.9. The number of thiocarbonyl (C=S) groups is 1. The van der Waals surface area contributed by atoms with E-state index in [0.29, 0.717) is 11.2 Å². The summed E-state index contributed by atoms with van der Waals surface area (Å²) in [6, 6.07) is 8.29. The highest BCUT2D eigenvalue weighted by Crippen LogP contribution is 2.33. The summed E-state index contributed by atoms with van der Waals surface area (Å²) in [5.41, 5.74) is 0.914. The number of ether oxygens (including phenoxy) is 1. The van der Waals surface area contributed by atoms with Gasteiger partial charge < -0.3 is 19.9 Å². The quantitative estimate of drug-likeness (QED) is 0.390. The minimum atomic E-state index is 0.571. The molecule has 27 heavy (non-hydrogen) atoms. The monoisotopic (exact) mass is 405 g/mol. The molecule has 1 aliphatic rings. The van der Waals surface area contributed by atoms with E-state index in [1.54, 1.807) is 18.9 Å². The van der Waals surface area contributed by atoms with Crippen molar-refractivity contribution in [1.29, 1.82) is 0 Å². The van der Waals surface area contributed by atoms with Crippen LogP contribution in [-0.4, -0.2) is 39.8 Å². The van der Waals surface area contributed by atoms with Crippen molar-refractivity contribution in [3.05, 3.63) is 30.1 Å². The van der Waals surface area contributed by atoms with Crippen LogP contribution in [0.4, 0.5) is 5.69 Å². The van der Waals surface area contributed by atoms with Crippen molar-refractivity contribution in [2.45, 2.75) is 49.7 Å². The van der Waals surface area contributed by atoms with Crippen LogP contribution in [-0.2, 0) is 6.42 Å². The first-order valence-electron chi connectivity index (χ1n) is 9.38. The number of anilines is 1. The number of thioether (sulfide) groups is 1. The van der Waals surface area contributed by atoms with Crippen LogP contribution in [0.3, 0.4) is 0 Å². The molecule has 0 unspecified atom stereocenters. The molecule has 2 N–H and O–H groups in total. The molecule has 2 aromatic rings. The standard InChI is InChI=1S/C19H27N5OS2/c1-25-16-10-5-7-14(13-16)21-18(26)20-12-6-11-17-22-23-19(27-2)24(17)15-8-3-4-9-15/h5,7,10,13,15H,3-4,6,8-9,11-12H2,1-2H3,(H2,20,21,26). The van der Waals surface area contributed by atoms with Crippen LogP contribution in [0.15, 0.2) is 29.4 Å². The Kier molecular flexibility index (Phi) is 7.34. The van der Waals surface area contributed by atoms with Crippen molar-refractivity contribution < 1.29 is 4.74 Å². The maximum absolute atomic E-state index is 5.38. The number of benzene rings is 1. The molecule has 146 valence electrons. The lowest BCUT2D eigenvalue weighted by atomic mass is 10.2. The Bertz CT molecular complexity index is 758. The van der Waals surface area contributed by atoms with Crippen LogP contribution in [0.1, 0.15) is 44.0 Å². The molecule has 1 heterocycles. The fraction of sp³-hybridized carbons (Fsp3) is 0.526. The summed E-state index contributed by atoms with van der Waals surface area (Å²) in [7, 11) is 1.66. The van der Waals surface area contributed by atoms with E-state index in [9.17, 15) is 0 Å². The van der Waals surface area contributed by atoms with Gasteiger partial charge in [-0.1, -0.05) is 30.7 Å². The van der Waals surface area contributed by atoms with E-state index in [-0.39, 0.29) is 0 Å². The van der Waals surface area contributed by atoms with Gasteiger partial charge in [-0.15, -0.1) is 10.2 Å². The Morgan fingerprint density at radius 2 is 2.15 bits per heavy atom. The van der Waals surface area contributed by atoms with Crippen molar-refractivity contribution in [2.24, 2.45) is 0 Å². The van der Waals surface area contributed by atoms with Gasteiger partial charge in [0, 0.05) is 30.8 Å². The van der Waals surface area contributed by atoms with Gasteiger partial charge in [0.05, 0.1) is 7.11 Å². The molecule has 1 fully saturated rings. The minimum Gasteiger partial charge on any atom is -0.497 e. The molecular formula is C19H27N5OS2. The summed E-state index contributed by atoms with van der Waals surface area (Å²) >= 11 is 7.07. The van der Waals surface area contributed by atoms with Crippen LogP contribution >= 0.6 is 24.0 Å². The highest BCUT2D eigenvalue weighted by Gasteiger charge is 2.23. The Labute approximate surface area is 170 Å². The predicted molar refractivity (Wildman–Crippen MR) is 115 cm³/mol. The number of rotatable bonds is 8. The molecule has 1 aromatic carbocycles. The molecule has 3 rings (SSSR count). The van der Waals surface area contributed by atoms with E-state index in [0.717, 1.165) is 41.8 Å². The summed E-state index contributed by atoms with van der Waals surface area (Å²) in [4.78, 5) is 0. The average Bonchev–Trinajstić information content (AvgIpc) is 3.34. The Morgan fingerprint density at radius 1 is 1.33 bits per heavy atom. The van der Waals surface area contributed by atoms with Crippen molar-refractivity contribution in [3.8, 4) is 5.75 Å². The first-order valence-corrected chi connectivity index (χ1v) is 11.0.